The fraction of sp³-hybridized carbons (Fsp3) is 0.0870. The number of fused-ring (bicyclic) bond motifs is 1. The smallest absolute Gasteiger partial charge is 0.202 e. The summed E-state index contributed by atoms with van der Waals surface area (Å²) in [4.78, 5) is 30.4. The molecule has 0 aliphatic rings. The number of aromatic nitrogens is 2. The monoisotopic (exact) mass is 372 g/mol. The SMILES string of the molecule is Cc1ccc2c(=O)c(C(=O)c3ccccc3)cn(Cc3ccccc3F)c2n1. The van der Waals surface area contributed by atoms with E-state index in [1.165, 1.54) is 12.3 Å². The van der Waals surface area contributed by atoms with Crippen LogP contribution in [-0.2, 0) is 6.54 Å². The molecule has 0 saturated carbocycles. The molecule has 0 atom stereocenters. The fourth-order valence-electron chi connectivity index (χ4n) is 3.20. The van der Waals surface area contributed by atoms with Crippen molar-refractivity contribution in [1.29, 1.82) is 0 Å². The lowest BCUT2D eigenvalue weighted by Gasteiger charge is -2.13. The van der Waals surface area contributed by atoms with Gasteiger partial charge in [-0.25, -0.2) is 9.37 Å². The number of pyridine rings is 2. The normalized spacial score (nSPS) is 10.9. The van der Waals surface area contributed by atoms with Gasteiger partial charge in [0, 0.05) is 23.0 Å². The van der Waals surface area contributed by atoms with Crippen LogP contribution in [0.2, 0.25) is 0 Å². The van der Waals surface area contributed by atoms with Crippen LogP contribution in [0.3, 0.4) is 0 Å². The molecule has 2 heterocycles. The molecular formula is C23H17FN2O2. The van der Waals surface area contributed by atoms with Crippen LogP contribution in [0.1, 0.15) is 27.2 Å². The van der Waals surface area contributed by atoms with Crippen LogP contribution in [0.25, 0.3) is 11.0 Å². The Balaban J connectivity index is 1.94. The van der Waals surface area contributed by atoms with Gasteiger partial charge in [0.25, 0.3) is 0 Å². The Morgan fingerprint density at radius 3 is 2.46 bits per heavy atom. The summed E-state index contributed by atoms with van der Waals surface area (Å²) in [6.45, 7) is 1.98. The largest absolute Gasteiger partial charge is 0.327 e. The van der Waals surface area contributed by atoms with Crippen molar-refractivity contribution >= 4 is 16.8 Å². The van der Waals surface area contributed by atoms with E-state index in [1.54, 1.807) is 65.2 Å². The summed E-state index contributed by atoms with van der Waals surface area (Å²) in [5, 5.41) is 0.337. The van der Waals surface area contributed by atoms with Crippen LogP contribution >= 0.6 is 0 Å². The Bertz CT molecular complexity index is 1250. The van der Waals surface area contributed by atoms with Gasteiger partial charge in [0.1, 0.15) is 11.5 Å². The van der Waals surface area contributed by atoms with Crippen LogP contribution in [-0.4, -0.2) is 15.3 Å². The number of aryl methyl sites for hydroxylation is 1. The Kier molecular flexibility index (Phi) is 4.57. The number of halogens is 1. The highest BCUT2D eigenvalue weighted by Crippen LogP contribution is 2.17. The van der Waals surface area contributed by atoms with Crippen molar-refractivity contribution < 1.29 is 9.18 Å². The molecule has 2 aromatic carbocycles. The summed E-state index contributed by atoms with van der Waals surface area (Å²) < 4.78 is 15.9. The average molecular weight is 372 g/mol. The maximum Gasteiger partial charge on any atom is 0.202 e. The molecule has 4 rings (SSSR count). The van der Waals surface area contributed by atoms with Crippen LogP contribution in [0, 0.1) is 12.7 Å². The summed E-state index contributed by atoms with van der Waals surface area (Å²) in [5.41, 5.74) is 1.71. The molecule has 0 radical (unpaired) electrons. The lowest BCUT2D eigenvalue weighted by Crippen LogP contribution is -2.21. The number of rotatable bonds is 4. The van der Waals surface area contributed by atoms with E-state index >= 15 is 0 Å². The second-order valence-corrected chi connectivity index (χ2v) is 6.61. The molecule has 0 amide bonds. The Morgan fingerprint density at radius 1 is 1.00 bits per heavy atom. The van der Waals surface area contributed by atoms with Gasteiger partial charge in [0.2, 0.25) is 5.43 Å². The van der Waals surface area contributed by atoms with Crippen molar-refractivity contribution in [2.45, 2.75) is 13.5 Å². The van der Waals surface area contributed by atoms with Gasteiger partial charge < -0.3 is 4.57 Å². The van der Waals surface area contributed by atoms with Crippen LogP contribution in [0.4, 0.5) is 4.39 Å². The first-order chi connectivity index (χ1) is 13.5. The van der Waals surface area contributed by atoms with Gasteiger partial charge >= 0.3 is 0 Å². The third kappa shape index (κ3) is 3.22. The Morgan fingerprint density at radius 2 is 1.71 bits per heavy atom. The van der Waals surface area contributed by atoms with Gasteiger partial charge in [-0.05, 0) is 25.1 Å². The minimum absolute atomic E-state index is 0.0423. The van der Waals surface area contributed by atoms with Crippen molar-refractivity contribution in [3.8, 4) is 0 Å². The van der Waals surface area contributed by atoms with Crippen LogP contribution in [0.15, 0.2) is 77.7 Å². The standard InChI is InChI=1S/C23H17FN2O2/c1-15-11-12-18-22(28)19(21(27)16-7-3-2-4-8-16)14-26(23(18)25-15)13-17-9-5-6-10-20(17)24/h2-12,14H,13H2,1H3. The van der Waals surface area contributed by atoms with Gasteiger partial charge in [0.15, 0.2) is 5.78 Å². The third-order valence-corrected chi connectivity index (χ3v) is 4.64. The number of ketones is 1. The summed E-state index contributed by atoms with van der Waals surface area (Å²) in [7, 11) is 0. The predicted molar refractivity (Wildman–Crippen MR) is 106 cm³/mol. The lowest BCUT2D eigenvalue weighted by molar-refractivity contribution is 0.103. The maximum atomic E-state index is 14.2. The van der Waals surface area contributed by atoms with Gasteiger partial charge in [-0.3, -0.25) is 9.59 Å². The molecule has 4 nitrogen and oxygen atoms in total. The highest BCUT2D eigenvalue weighted by molar-refractivity contribution is 6.09. The first kappa shape index (κ1) is 17.8. The van der Waals surface area contributed by atoms with Gasteiger partial charge in [-0.15, -0.1) is 0 Å². The molecule has 2 aromatic heterocycles. The summed E-state index contributed by atoms with van der Waals surface area (Å²) in [6, 6.07) is 18.5. The van der Waals surface area contributed by atoms with Gasteiger partial charge in [-0.1, -0.05) is 48.5 Å². The zero-order chi connectivity index (χ0) is 19.7. The predicted octanol–water partition coefficient (Wildman–Crippen LogP) is 4.12. The molecule has 28 heavy (non-hydrogen) atoms. The van der Waals surface area contributed by atoms with E-state index in [1.807, 2.05) is 6.92 Å². The average Bonchev–Trinajstić information content (AvgIpc) is 2.71. The first-order valence-corrected chi connectivity index (χ1v) is 8.88. The highest BCUT2D eigenvalue weighted by atomic mass is 19.1. The minimum atomic E-state index is -0.374. The van der Waals surface area contributed by atoms with Crippen molar-refractivity contribution in [3.63, 3.8) is 0 Å². The quantitative estimate of drug-likeness (QED) is 0.506. The van der Waals surface area contributed by atoms with Crippen molar-refractivity contribution in [2.75, 3.05) is 0 Å². The summed E-state index contributed by atoms with van der Waals surface area (Å²) >= 11 is 0. The first-order valence-electron chi connectivity index (χ1n) is 8.88. The second-order valence-electron chi connectivity index (χ2n) is 6.61. The number of nitrogens with zero attached hydrogens (tertiary/aromatic N) is 2. The fourth-order valence-corrected chi connectivity index (χ4v) is 3.20. The third-order valence-electron chi connectivity index (χ3n) is 4.64. The molecule has 0 spiro atoms. The molecule has 0 saturated heterocycles. The van der Waals surface area contributed by atoms with E-state index in [0.717, 1.165) is 5.69 Å². The van der Waals surface area contributed by atoms with Crippen LogP contribution in [0.5, 0.6) is 0 Å². The van der Waals surface area contributed by atoms with E-state index in [4.69, 9.17) is 0 Å². The van der Waals surface area contributed by atoms with Crippen molar-refractivity contribution in [1.82, 2.24) is 9.55 Å². The molecule has 0 unspecified atom stereocenters. The zero-order valence-corrected chi connectivity index (χ0v) is 15.2. The lowest BCUT2D eigenvalue weighted by atomic mass is 10.0. The van der Waals surface area contributed by atoms with E-state index < -0.39 is 0 Å². The molecule has 0 aliphatic carbocycles. The Labute approximate surface area is 160 Å². The molecule has 5 heteroatoms. The second kappa shape index (κ2) is 7.19. The van der Waals surface area contributed by atoms with Gasteiger partial charge in [-0.2, -0.15) is 0 Å². The molecule has 0 N–H and O–H groups in total. The van der Waals surface area contributed by atoms with E-state index in [0.29, 0.717) is 22.2 Å². The number of benzene rings is 2. The number of carbonyl (C=O) groups excluding carboxylic acids is 1. The summed E-state index contributed by atoms with van der Waals surface area (Å²) in [6.07, 6.45) is 1.48. The topological polar surface area (TPSA) is 52.0 Å². The molecule has 0 fully saturated rings. The molecule has 0 bridgehead atoms. The van der Waals surface area contributed by atoms with Crippen LogP contribution < -0.4 is 5.43 Å². The van der Waals surface area contributed by atoms with E-state index in [2.05, 4.69) is 4.98 Å². The van der Waals surface area contributed by atoms with Gasteiger partial charge in [0.05, 0.1) is 17.5 Å². The van der Waals surface area contributed by atoms with E-state index in [9.17, 15) is 14.0 Å². The van der Waals surface area contributed by atoms with Crippen molar-refractivity contribution in [2.24, 2.45) is 0 Å². The molecule has 0 aliphatic heterocycles. The molecular weight excluding hydrogens is 355 g/mol. The minimum Gasteiger partial charge on any atom is -0.327 e. The number of hydrogen-bond donors (Lipinski definition) is 0. The highest BCUT2D eigenvalue weighted by Gasteiger charge is 2.18. The zero-order valence-electron chi connectivity index (χ0n) is 15.2. The molecule has 138 valence electrons. The maximum absolute atomic E-state index is 14.2. The Hall–Kier alpha value is -3.60. The van der Waals surface area contributed by atoms with Crippen molar-refractivity contribution in [3.05, 3.63) is 111 Å². The van der Waals surface area contributed by atoms with E-state index in [-0.39, 0.29) is 29.1 Å². The number of hydrogen-bond acceptors (Lipinski definition) is 3. The molecule has 4 aromatic rings. The summed E-state index contributed by atoms with van der Waals surface area (Å²) in [5.74, 6) is -0.715. The number of carbonyl (C=O) groups is 1.